The summed E-state index contributed by atoms with van der Waals surface area (Å²) in [5, 5.41) is 9.35. The third kappa shape index (κ3) is 1.21. The quantitative estimate of drug-likeness (QED) is 0.775. The van der Waals surface area contributed by atoms with E-state index >= 15 is 0 Å². The Kier molecular flexibility index (Phi) is 1.98. The van der Waals surface area contributed by atoms with Crippen molar-refractivity contribution in [2.45, 2.75) is 53.4 Å². The summed E-state index contributed by atoms with van der Waals surface area (Å²) in [4.78, 5) is 0. The fraction of sp³-hybridized carbons (Fsp3) is 1.00. The Morgan fingerprint density at radius 2 is 1.75 bits per heavy atom. The Balaban J connectivity index is 1.66. The molecule has 5 atom stereocenters. The molecule has 3 fully saturated rings. The molecule has 1 N–H and O–H groups in total. The number of hydrogen-bond donors (Lipinski definition) is 1. The zero-order valence-electron chi connectivity index (χ0n) is 11.2. The minimum absolute atomic E-state index is 0.282. The lowest BCUT2D eigenvalue weighted by Gasteiger charge is -2.36. The summed E-state index contributed by atoms with van der Waals surface area (Å²) in [6.45, 7) is 10.1. The molecule has 3 unspecified atom stereocenters. The molecule has 3 saturated carbocycles. The van der Waals surface area contributed by atoms with Gasteiger partial charge in [-0.3, -0.25) is 0 Å². The molecule has 3 aliphatic rings. The first-order chi connectivity index (χ1) is 7.33. The Labute approximate surface area is 99.6 Å². The highest BCUT2D eigenvalue weighted by Crippen LogP contribution is 2.75. The maximum Gasteiger partial charge on any atom is 0.0487 e. The molecule has 16 heavy (non-hydrogen) atoms. The molecule has 0 bridgehead atoms. The van der Waals surface area contributed by atoms with E-state index in [1.54, 1.807) is 0 Å². The second-order valence-corrected chi connectivity index (χ2v) is 7.92. The van der Waals surface area contributed by atoms with Gasteiger partial charge in [-0.2, -0.15) is 0 Å². The van der Waals surface area contributed by atoms with Crippen molar-refractivity contribution in [2.75, 3.05) is 6.61 Å². The number of fused-ring (bicyclic) bond motifs is 1. The van der Waals surface area contributed by atoms with Crippen molar-refractivity contribution in [3.63, 3.8) is 0 Å². The first-order valence-electron chi connectivity index (χ1n) is 6.94. The van der Waals surface area contributed by atoms with Crippen molar-refractivity contribution in [1.29, 1.82) is 0 Å². The second kappa shape index (κ2) is 2.85. The minimum atomic E-state index is 0.282. The lowest BCUT2D eigenvalue weighted by Crippen LogP contribution is -2.28. The molecule has 0 aromatic heterocycles. The van der Waals surface area contributed by atoms with Gasteiger partial charge >= 0.3 is 0 Å². The van der Waals surface area contributed by atoms with Gasteiger partial charge in [0, 0.05) is 6.61 Å². The number of hydrogen-bond acceptors (Lipinski definition) is 1. The van der Waals surface area contributed by atoms with Crippen LogP contribution in [0.3, 0.4) is 0 Å². The lowest BCUT2D eigenvalue weighted by atomic mass is 9.69. The average Bonchev–Trinajstić information content (AvgIpc) is 3.03. The van der Waals surface area contributed by atoms with E-state index in [0.29, 0.717) is 17.4 Å². The van der Waals surface area contributed by atoms with Gasteiger partial charge in [-0.05, 0) is 59.7 Å². The van der Waals surface area contributed by atoms with Gasteiger partial charge < -0.3 is 5.11 Å². The summed E-state index contributed by atoms with van der Waals surface area (Å²) in [6, 6.07) is 0. The van der Waals surface area contributed by atoms with Crippen LogP contribution in [-0.4, -0.2) is 11.7 Å². The van der Waals surface area contributed by atoms with E-state index in [4.69, 9.17) is 0 Å². The molecule has 3 aliphatic carbocycles. The van der Waals surface area contributed by atoms with Gasteiger partial charge in [-0.15, -0.1) is 0 Å². The van der Waals surface area contributed by atoms with E-state index in [1.807, 2.05) is 0 Å². The summed E-state index contributed by atoms with van der Waals surface area (Å²) >= 11 is 0. The maximum absolute atomic E-state index is 9.35. The van der Waals surface area contributed by atoms with Crippen molar-refractivity contribution in [2.24, 2.45) is 34.0 Å². The normalized spacial score (nSPS) is 57.2. The molecule has 0 amide bonds. The third-order valence-corrected chi connectivity index (χ3v) is 6.94. The first kappa shape index (κ1) is 11.1. The van der Waals surface area contributed by atoms with Crippen LogP contribution in [0.1, 0.15) is 53.4 Å². The van der Waals surface area contributed by atoms with Gasteiger partial charge in [-0.1, -0.05) is 27.7 Å². The van der Waals surface area contributed by atoms with Gasteiger partial charge in [0.15, 0.2) is 0 Å². The van der Waals surface area contributed by atoms with Crippen LogP contribution in [0.25, 0.3) is 0 Å². The zero-order valence-corrected chi connectivity index (χ0v) is 11.2. The summed E-state index contributed by atoms with van der Waals surface area (Å²) in [6.07, 6.45) is 5.56. The van der Waals surface area contributed by atoms with Gasteiger partial charge in [0.25, 0.3) is 0 Å². The summed E-state index contributed by atoms with van der Waals surface area (Å²) in [5.74, 6) is 2.74. The van der Waals surface area contributed by atoms with Gasteiger partial charge in [0.05, 0.1) is 0 Å². The Bertz CT molecular complexity index is 321. The van der Waals surface area contributed by atoms with E-state index < -0.39 is 0 Å². The van der Waals surface area contributed by atoms with E-state index in [-0.39, 0.29) is 5.41 Å². The Morgan fingerprint density at radius 3 is 2.19 bits per heavy atom. The van der Waals surface area contributed by atoms with Crippen LogP contribution in [-0.2, 0) is 0 Å². The van der Waals surface area contributed by atoms with Crippen LogP contribution in [0.4, 0.5) is 0 Å². The molecule has 1 heteroatoms. The average molecular weight is 222 g/mol. The SMILES string of the molecule is CC1(C)C(CC2C[C@]2(C)CO)CC2C[C@]21C. The van der Waals surface area contributed by atoms with E-state index in [9.17, 15) is 5.11 Å². The molecular weight excluding hydrogens is 196 g/mol. The maximum atomic E-state index is 9.35. The molecule has 3 rings (SSSR count). The van der Waals surface area contributed by atoms with Crippen molar-refractivity contribution in [3.05, 3.63) is 0 Å². The van der Waals surface area contributed by atoms with Gasteiger partial charge in [0.2, 0.25) is 0 Å². The van der Waals surface area contributed by atoms with Crippen LogP contribution in [0.15, 0.2) is 0 Å². The molecule has 0 radical (unpaired) electrons. The van der Waals surface area contributed by atoms with Crippen molar-refractivity contribution < 1.29 is 5.11 Å². The molecule has 0 aromatic carbocycles. The Morgan fingerprint density at radius 1 is 1.06 bits per heavy atom. The highest BCUT2D eigenvalue weighted by atomic mass is 16.3. The van der Waals surface area contributed by atoms with Crippen LogP contribution in [0.5, 0.6) is 0 Å². The van der Waals surface area contributed by atoms with E-state index in [0.717, 1.165) is 17.8 Å². The zero-order chi connectivity index (χ0) is 11.8. The van der Waals surface area contributed by atoms with Crippen LogP contribution < -0.4 is 0 Å². The molecule has 92 valence electrons. The van der Waals surface area contributed by atoms with Crippen LogP contribution in [0.2, 0.25) is 0 Å². The number of rotatable bonds is 3. The molecule has 1 nitrogen and oxygen atoms in total. The number of aliphatic hydroxyl groups excluding tert-OH is 1. The molecule has 0 saturated heterocycles. The predicted octanol–water partition coefficient (Wildman–Crippen LogP) is 3.47. The molecular formula is C15H26O. The standard InChI is InChI=1S/C15H26O/c1-13(2)10(6-12-8-15(12,13)4)5-11-7-14(11,3)9-16/h10-12,16H,5-9H2,1-4H3/t10?,11?,12?,14-,15-/m1/s1. The fourth-order valence-corrected chi connectivity index (χ4v) is 4.49. The minimum Gasteiger partial charge on any atom is -0.396 e. The topological polar surface area (TPSA) is 20.2 Å². The van der Waals surface area contributed by atoms with Crippen molar-refractivity contribution in [3.8, 4) is 0 Å². The summed E-state index contributed by atoms with van der Waals surface area (Å²) in [5.41, 5.74) is 1.47. The Hall–Kier alpha value is -0.0400. The van der Waals surface area contributed by atoms with Gasteiger partial charge in [-0.25, -0.2) is 0 Å². The lowest BCUT2D eigenvalue weighted by molar-refractivity contribution is 0.126. The van der Waals surface area contributed by atoms with Gasteiger partial charge in [0.1, 0.15) is 0 Å². The van der Waals surface area contributed by atoms with E-state index in [1.165, 1.54) is 25.7 Å². The molecule has 0 aromatic rings. The van der Waals surface area contributed by atoms with Crippen LogP contribution in [0, 0.1) is 34.0 Å². The smallest absolute Gasteiger partial charge is 0.0487 e. The third-order valence-electron chi connectivity index (χ3n) is 6.94. The number of aliphatic hydroxyl groups is 1. The highest BCUT2D eigenvalue weighted by molar-refractivity contribution is 5.16. The predicted molar refractivity (Wildman–Crippen MR) is 66.0 cm³/mol. The molecule has 0 heterocycles. The van der Waals surface area contributed by atoms with Crippen molar-refractivity contribution in [1.82, 2.24) is 0 Å². The summed E-state index contributed by atoms with van der Waals surface area (Å²) < 4.78 is 0. The molecule has 0 aliphatic heterocycles. The van der Waals surface area contributed by atoms with E-state index in [2.05, 4.69) is 27.7 Å². The fourth-order valence-electron chi connectivity index (χ4n) is 4.49. The summed E-state index contributed by atoms with van der Waals surface area (Å²) in [7, 11) is 0. The van der Waals surface area contributed by atoms with Crippen LogP contribution >= 0.6 is 0 Å². The largest absolute Gasteiger partial charge is 0.396 e. The highest BCUT2D eigenvalue weighted by Gasteiger charge is 2.68. The van der Waals surface area contributed by atoms with Crippen molar-refractivity contribution >= 4 is 0 Å². The monoisotopic (exact) mass is 222 g/mol. The molecule has 0 spiro atoms. The second-order valence-electron chi connectivity index (χ2n) is 7.92. The first-order valence-corrected chi connectivity index (χ1v) is 6.94.